The largest absolute Gasteiger partial charge is 0.496 e. The number of hydrogen-bond donors (Lipinski definition) is 1. The van der Waals surface area contributed by atoms with Gasteiger partial charge < -0.3 is 9.84 Å². The van der Waals surface area contributed by atoms with Crippen molar-refractivity contribution in [2.75, 3.05) is 7.11 Å². The molecule has 1 rings (SSSR count). The molecule has 0 aliphatic rings. The van der Waals surface area contributed by atoms with E-state index in [0.717, 1.165) is 6.20 Å². The number of rotatable bonds is 3. The van der Waals surface area contributed by atoms with Crippen LogP contribution in [0.5, 0.6) is 5.75 Å². The van der Waals surface area contributed by atoms with Gasteiger partial charge in [-0.2, -0.15) is 0 Å². The fourth-order valence-electron chi connectivity index (χ4n) is 1.26. The minimum absolute atomic E-state index is 0.0998. The van der Waals surface area contributed by atoms with E-state index in [0.29, 0.717) is 0 Å². The van der Waals surface area contributed by atoms with Crippen LogP contribution in [-0.2, 0) is 0 Å². The molecular formula is C9H9F2NO3. The lowest BCUT2D eigenvalue weighted by atomic mass is 10.1. The number of pyridine rings is 1. The molecule has 1 aromatic heterocycles. The fourth-order valence-corrected chi connectivity index (χ4v) is 1.26. The number of halogens is 2. The van der Waals surface area contributed by atoms with Gasteiger partial charge in [-0.3, -0.25) is 0 Å². The van der Waals surface area contributed by atoms with Crippen LogP contribution in [0.3, 0.4) is 0 Å². The van der Waals surface area contributed by atoms with Crippen LogP contribution in [0.1, 0.15) is 28.0 Å². The van der Waals surface area contributed by atoms with Gasteiger partial charge in [0.15, 0.2) is 5.69 Å². The lowest BCUT2D eigenvalue weighted by Gasteiger charge is -2.11. The number of nitrogens with zero attached hydrogens (tertiary/aromatic N) is 1. The predicted molar refractivity (Wildman–Crippen MR) is 47.4 cm³/mol. The summed E-state index contributed by atoms with van der Waals surface area (Å²) in [6.45, 7) is 1.38. The minimum Gasteiger partial charge on any atom is -0.496 e. The van der Waals surface area contributed by atoms with Crippen molar-refractivity contribution >= 4 is 5.97 Å². The van der Waals surface area contributed by atoms with Crippen LogP contribution < -0.4 is 4.74 Å². The van der Waals surface area contributed by atoms with Crippen LogP contribution in [0.15, 0.2) is 6.20 Å². The molecular weight excluding hydrogens is 208 g/mol. The predicted octanol–water partition coefficient (Wildman–Crippen LogP) is 2.03. The highest BCUT2D eigenvalue weighted by molar-refractivity contribution is 5.87. The Morgan fingerprint density at radius 3 is 2.60 bits per heavy atom. The molecule has 15 heavy (non-hydrogen) atoms. The van der Waals surface area contributed by atoms with Gasteiger partial charge >= 0.3 is 5.97 Å². The number of carboxylic acid groups (broad SMARTS) is 1. The Labute approximate surface area is 84.5 Å². The van der Waals surface area contributed by atoms with Crippen LogP contribution >= 0.6 is 0 Å². The normalized spacial score (nSPS) is 10.5. The van der Waals surface area contributed by atoms with Gasteiger partial charge in [0.1, 0.15) is 5.75 Å². The van der Waals surface area contributed by atoms with Crippen LogP contribution in [0.2, 0.25) is 0 Å². The molecule has 0 unspecified atom stereocenters. The number of aromatic carboxylic acids is 1. The molecule has 0 aliphatic carbocycles. The Balaban J connectivity index is 3.39. The third-order valence-electron chi connectivity index (χ3n) is 1.93. The first-order valence-electron chi connectivity index (χ1n) is 4.04. The molecule has 1 N–H and O–H groups in total. The Morgan fingerprint density at radius 1 is 1.60 bits per heavy atom. The molecule has 0 bridgehead atoms. The van der Waals surface area contributed by atoms with Crippen LogP contribution in [0.4, 0.5) is 8.78 Å². The second-order valence-corrected chi connectivity index (χ2v) is 2.83. The molecule has 4 nitrogen and oxygen atoms in total. The molecule has 0 saturated carbocycles. The van der Waals surface area contributed by atoms with Crippen molar-refractivity contribution in [2.45, 2.75) is 13.3 Å². The van der Waals surface area contributed by atoms with E-state index < -0.39 is 18.0 Å². The smallest absolute Gasteiger partial charge is 0.354 e. The first-order valence-corrected chi connectivity index (χ1v) is 4.04. The van der Waals surface area contributed by atoms with E-state index in [4.69, 9.17) is 9.84 Å². The topological polar surface area (TPSA) is 59.4 Å². The molecule has 0 atom stereocenters. The Kier molecular flexibility index (Phi) is 3.18. The first kappa shape index (κ1) is 11.4. The summed E-state index contributed by atoms with van der Waals surface area (Å²) < 4.78 is 29.7. The van der Waals surface area contributed by atoms with Gasteiger partial charge in [-0.15, -0.1) is 0 Å². The average molecular weight is 217 g/mol. The maximum absolute atomic E-state index is 12.5. The summed E-state index contributed by atoms with van der Waals surface area (Å²) in [5.74, 6) is -1.40. The van der Waals surface area contributed by atoms with Crippen molar-refractivity contribution in [3.63, 3.8) is 0 Å². The molecule has 0 spiro atoms. The highest BCUT2D eigenvalue weighted by Gasteiger charge is 2.21. The van der Waals surface area contributed by atoms with Gasteiger partial charge in [0.2, 0.25) is 0 Å². The van der Waals surface area contributed by atoms with E-state index in [1.807, 2.05) is 0 Å². The molecule has 0 saturated heterocycles. The van der Waals surface area contributed by atoms with Gasteiger partial charge in [-0.25, -0.2) is 18.6 Å². The first-order chi connectivity index (χ1) is 6.99. The van der Waals surface area contributed by atoms with Crippen molar-refractivity contribution in [1.82, 2.24) is 4.98 Å². The summed E-state index contributed by atoms with van der Waals surface area (Å²) in [5, 5.41) is 8.71. The van der Waals surface area contributed by atoms with Gasteiger partial charge in [-0.05, 0) is 6.92 Å². The van der Waals surface area contributed by atoms with Crippen LogP contribution in [-0.4, -0.2) is 23.2 Å². The summed E-state index contributed by atoms with van der Waals surface area (Å²) in [4.78, 5) is 14.1. The van der Waals surface area contributed by atoms with E-state index in [1.165, 1.54) is 14.0 Å². The molecule has 1 heterocycles. The number of carboxylic acids is 1. The SMILES string of the molecule is COc1c(C(F)F)cnc(C(=O)O)c1C. The van der Waals surface area contributed by atoms with E-state index in [9.17, 15) is 13.6 Å². The number of methoxy groups -OCH3 is 1. The standard InChI is InChI=1S/C9H9F2NO3/c1-4-6(9(13)14)12-3-5(8(10)11)7(4)15-2/h3,8H,1-2H3,(H,13,14). The lowest BCUT2D eigenvalue weighted by molar-refractivity contribution is 0.0688. The number of aromatic nitrogens is 1. The lowest BCUT2D eigenvalue weighted by Crippen LogP contribution is -2.07. The highest BCUT2D eigenvalue weighted by Crippen LogP contribution is 2.32. The van der Waals surface area contributed by atoms with E-state index >= 15 is 0 Å². The maximum Gasteiger partial charge on any atom is 0.354 e. The molecule has 1 aromatic rings. The van der Waals surface area contributed by atoms with Gasteiger partial charge in [0.05, 0.1) is 12.7 Å². The van der Waals surface area contributed by atoms with Gasteiger partial charge in [-0.1, -0.05) is 0 Å². The Hall–Kier alpha value is -1.72. The zero-order chi connectivity index (χ0) is 11.6. The average Bonchev–Trinajstić information content (AvgIpc) is 2.16. The quantitative estimate of drug-likeness (QED) is 0.841. The maximum atomic E-state index is 12.5. The number of hydrogen-bond acceptors (Lipinski definition) is 3. The van der Waals surface area contributed by atoms with Crippen molar-refractivity contribution in [2.24, 2.45) is 0 Å². The number of carbonyl (C=O) groups is 1. The summed E-state index contributed by atoms with van der Waals surface area (Å²) in [6.07, 6.45) is -1.92. The molecule has 82 valence electrons. The fraction of sp³-hybridized carbons (Fsp3) is 0.333. The molecule has 0 fully saturated rings. The summed E-state index contributed by atoms with van der Waals surface area (Å²) in [6, 6.07) is 0. The summed E-state index contributed by atoms with van der Waals surface area (Å²) in [7, 11) is 1.21. The second-order valence-electron chi connectivity index (χ2n) is 2.83. The zero-order valence-corrected chi connectivity index (χ0v) is 8.12. The molecule has 0 aliphatic heterocycles. The molecule has 0 radical (unpaired) electrons. The molecule has 6 heteroatoms. The van der Waals surface area contributed by atoms with Crippen molar-refractivity contribution < 1.29 is 23.4 Å². The van der Waals surface area contributed by atoms with Gasteiger partial charge in [0, 0.05) is 11.8 Å². The van der Waals surface area contributed by atoms with Crippen molar-refractivity contribution in [1.29, 1.82) is 0 Å². The molecule has 0 aromatic carbocycles. The minimum atomic E-state index is -2.74. The van der Waals surface area contributed by atoms with Crippen LogP contribution in [0.25, 0.3) is 0 Å². The van der Waals surface area contributed by atoms with E-state index in [-0.39, 0.29) is 17.0 Å². The monoisotopic (exact) mass is 217 g/mol. The number of ether oxygens (including phenoxy) is 1. The van der Waals surface area contributed by atoms with E-state index in [1.54, 1.807) is 0 Å². The van der Waals surface area contributed by atoms with Gasteiger partial charge in [0.25, 0.3) is 6.43 Å². The molecule has 0 amide bonds. The summed E-state index contributed by atoms with van der Waals surface area (Å²) in [5.41, 5.74) is -0.584. The Morgan fingerprint density at radius 2 is 2.20 bits per heavy atom. The number of alkyl halides is 2. The highest BCUT2D eigenvalue weighted by atomic mass is 19.3. The van der Waals surface area contributed by atoms with Crippen LogP contribution in [0, 0.1) is 6.92 Å². The summed E-state index contributed by atoms with van der Waals surface area (Å²) >= 11 is 0. The zero-order valence-electron chi connectivity index (χ0n) is 8.12. The Bertz CT molecular complexity index is 393. The third-order valence-corrected chi connectivity index (χ3v) is 1.93. The third kappa shape index (κ3) is 2.03. The second kappa shape index (κ2) is 4.20. The van der Waals surface area contributed by atoms with Crippen molar-refractivity contribution in [3.05, 3.63) is 23.0 Å². The van der Waals surface area contributed by atoms with E-state index in [2.05, 4.69) is 4.98 Å². The van der Waals surface area contributed by atoms with Crippen molar-refractivity contribution in [3.8, 4) is 5.75 Å².